The number of rotatable bonds is 8. The molecule has 0 aromatic rings. The number of hydrogen-bond acceptors (Lipinski definition) is 2. The second kappa shape index (κ2) is 8.69. The van der Waals surface area contributed by atoms with Crippen molar-refractivity contribution in [3.05, 3.63) is 11.1 Å². The van der Waals surface area contributed by atoms with Gasteiger partial charge >= 0.3 is 12.4 Å². The summed E-state index contributed by atoms with van der Waals surface area (Å²) in [5, 5.41) is 0. The third-order valence-corrected chi connectivity index (χ3v) is 1.75. The molecule has 0 saturated heterocycles. The quantitative estimate of drug-likeness (QED) is 0.253. The van der Waals surface area contributed by atoms with Gasteiger partial charge in [-0.3, -0.25) is 9.59 Å². The van der Waals surface area contributed by atoms with Crippen LogP contribution in [0.5, 0.6) is 0 Å². The summed E-state index contributed by atoms with van der Waals surface area (Å²) in [6.45, 7) is 0. The fourth-order valence-corrected chi connectivity index (χ4v) is 1.03. The summed E-state index contributed by atoms with van der Waals surface area (Å²) in [7, 11) is 0. The van der Waals surface area contributed by atoms with Gasteiger partial charge in [0.15, 0.2) is 0 Å². The second-order valence-corrected chi connectivity index (χ2v) is 2.98. The van der Waals surface area contributed by atoms with E-state index in [9.17, 15) is 9.59 Å². The molecule has 0 heterocycles. The summed E-state index contributed by atoms with van der Waals surface area (Å²) in [5.41, 5.74) is 16.1. The van der Waals surface area contributed by atoms with Crippen LogP contribution in [0, 0.1) is 0 Å². The molecule has 0 N–H and O–H groups in total. The first-order valence-electron chi connectivity index (χ1n) is 4.61. The Morgan fingerprint density at radius 1 is 0.867 bits per heavy atom. The minimum atomic E-state index is -0.235. The van der Waals surface area contributed by atoms with Crippen molar-refractivity contribution in [2.24, 2.45) is 0 Å². The summed E-state index contributed by atoms with van der Waals surface area (Å²) < 4.78 is 0. The van der Waals surface area contributed by atoms with Gasteiger partial charge in [0.1, 0.15) is 0 Å². The van der Waals surface area contributed by atoms with E-state index < -0.39 is 0 Å². The average Bonchev–Trinajstić information content (AvgIpc) is 2.18. The van der Waals surface area contributed by atoms with Crippen LogP contribution in [0.1, 0.15) is 32.1 Å². The van der Waals surface area contributed by atoms with E-state index in [0.717, 1.165) is 18.9 Å². The third kappa shape index (κ3) is 8.43. The van der Waals surface area contributed by atoms with Gasteiger partial charge in [-0.2, -0.15) is 9.58 Å². The SMILES string of the molecule is [N-]=[N+]=CC(=O)CCCCCC(=O)C=[N+]=[N-]. The minimum Gasteiger partial charge on any atom is -0.361 e. The van der Waals surface area contributed by atoms with Gasteiger partial charge in [-0.05, 0) is 12.8 Å². The van der Waals surface area contributed by atoms with E-state index in [1.54, 1.807) is 0 Å². The zero-order valence-electron chi connectivity index (χ0n) is 8.30. The molecule has 0 fully saturated rings. The Morgan fingerprint density at radius 3 is 1.60 bits per heavy atom. The van der Waals surface area contributed by atoms with Crippen LogP contribution in [0.4, 0.5) is 0 Å². The van der Waals surface area contributed by atoms with Crippen LogP contribution in [0.25, 0.3) is 11.1 Å². The molecule has 0 spiro atoms. The molecule has 0 aliphatic rings. The smallest absolute Gasteiger partial charge is 0.323 e. The van der Waals surface area contributed by atoms with Crippen molar-refractivity contribution in [2.75, 3.05) is 0 Å². The molecule has 15 heavy (non-hydrogen) atoms. The van der Waals surface area contributed by atoms with Gasteiger partial charge in [0.2, 0.25) is 11.6 Å². The molecule has 0 unspecified atom stereocenters. The molecule has 0 bridgehead atoms. The molecule has 0 saturated carbocycles. The Morgan fingerprint density at radius 2 is 1.27 bits per heavy atom. The van der Waals surface area contributed by atoms with Crippen molar-refractivity contribution in [1.29, 1.82) is 0 Å². The molecule has 0 radical (unpaired) electrons. The number of hydrogen-bond donors (Lipinski definition) is 0. The Bertz CT molecular complexity index is 293. The van der Waals surface area contributed by atoms with Gasteiger partial charge in [0.25, 0.3) is 0 Å². The fourth-order valence-electron chi connectivity index (χ4n) is 1.03. The van der Waals surface area contributed by atoms with Crippen molar-refractivity contribution >= 4 is 24.0 Å². The van der Waals surface area contributed by atoms with Crippen molar-refractivity contribution in [3.63, 3.8) is 0 Å². The molecule has 0 atom stereocenters. The normalized spacial score (nSPS) is 8.53. The summed E-state index contributed by atoms with van der Waals surface area (Å²) in [6, 6.07) is 0. The number of carbonyl (C=O) groups is 2. The number of unbranched alkanes of at least 4 members (excludes halogenated alkanes) is 2. The van der Waals surface area contributed by atoms with Crippen molar-refractivity contribution < 1.29 is 19.2 Å². The monoisotopic (exact) mass is 208 g/mol. The first kappa shape index (κ1) is 13.1. The molecule has 0 aromatic carbocycles. The van der Waals surface area contributed by atoms with Crippen LogP contribution in [0.15, 0.2) is 0 Å². The molecular weight excluding hydrogens is 196 g/mol. The highest BCUT2D eigenvalue weighted by Crippen LogP contribution is 2.02. The topological polar surface area (TPSA) is 107 Å². The van der Waals surface area contributed by atoms with Crippen molar-refractivity contribution in [2.45, 2.75) is 32.1 Å². The largest absolute Gasteiger partial charge is 0.361 e. The lowest BCUT2D eigenvalue weighted by Crippen LogP contribution is -2.01. The molecule has 6 heteroatoms. The van der Waals surface area contributed by atoms with Crippen LogP contribution in [0.2, 0.25) is 0 Å². The Balaban J connectivity index is 3.47. The number of Topliss-reactive ketones (excluding diaryl/α,β-unsaturated/α-hetero) is 2. The predicted octanol–water partition coefficient (Wildman–Crippen LogP) is 0.676. The maximum Gasteiger partial charge on any atom is 0.323 e. The fraction of sp³-hybridized carbons (Fsp3) is 0.556. The highest BCUT2D eigenvalue weighted by atomic mass is 16.1. The lowest BCUT2D eigenvalue weighted by Gasteiger charge is -1.93. The summed E-state index contributed by atoms with van der Waals surface area (Å²) >= 11 is 0. The first-order chi connectivity index (χ1) is 7.20. The van der Waals surface area contributed by atoms with Gasteiger partial charge in [0, 0.05) is 12.8 Å². The molecule has 0 rings (SSSR count). The summed E-state index contributed by atoms with van der Waals surface area (Å²) in [4.78, 5) is 26.9. The Labute approximate surface area is 87.1 Å². The lowest BCUT2D eigenvalue weighted by molar-refractivity contribution is -0.116. The van der Waals surface area contributed by atoms with Gasteiger partial charge in [0.05, 0.1) is 0 Å². The Kier molecular flexibility index (Phi) is 7.59. The van der Waals surface area contributed by atoms with Gasteiger partial charge in [-0.15, -0.1) is 0 Å². The molecule has 6 nitrogen and oxygen atoms in total. The maximum atomic E-state index is 10.8. The average molecular weight is 208 g/mol. The van der Waals surface area contributed by atoms with Crippen LogP contribution in [-0.4, -0.2) is 33.6 Å². The Hall–Kier alpha value is -1.90. The standard InChI is InChI=1S/C9H12N4O2/c10-12-6-8(14)4-2-1-3-5-9(15)7-13-11/h6-7H,1-5H2. The minimum absolute atomic E-state index is 0.235. The van der Waals surface area contributed by atoms with E-state index >= 15 is 0 Å². The van der Waals surface area contributed by atoms with E-state index in [0.29, 0.717) is 25.7 Å². The third-order valence-electron chi connectivity index (χ3n) is 1.75. The van der Waals surface area contributed by atoms with Gasteiger partial charge < -0.3 is 11.1 Å². The van der Waals surface area contributed by atoms with E-state index in [2.05, 4.69) is 9.58 Å². The molecule has 0 aliphatic heterocycles. The van der Waals surface area contributed by atoms with Crippen molar-refractivity contribution in [3.8, 4) is 0 Å². The number of nitrogens with zero attached hydrogens (tertiary/aromatic N) is 4. The molecule has 80 valence electrons. The van der Waals surface area contributed by atoms with E-state index in [4.69, 9.17) is 11.1 Å². The van der Waals surface area contributed by atoms with E-state index in [1.165, 1.54) is 0 Å². The molecule has 0 aromatic heterocycles. The van der Waals surface area contributed by atoms with Crippen LogP contribution >= 0.6 is 0 Å². The first-order valence-corrected chi connectivity index (χ1v) is 4.61. The predicted molar refractivity (Wildman–Crippen MR) is 52.5 cm³/mol. The number of carbonyl (C=O) groups excluding carboxylic acids is 2. The maximum absolute atomic E-state index is 10.8. The van der Waals surface area contributed by atoms with Crippen molar-refractivity contribution in [1.82, 2.24) is 0 Å². The van der Waals surface area contributed by atoms with E-state index in [-0.39, 0.29) is 11.6 Å². The second-order valence-electron chi connectivity index (χ2n) is 2.98. The molecule has 0 amide bonds. The van der Waals surface area contributed by atoms with E-state index in [1.807, 2.05) is 0 Å². The number of ketones is 2. The lowest BCUT2D eigenvalue weighted by atomic mass is 10.1. The molecular formula is C9H12N4O2. The zero-order chi connectivity index (χ0) is 11.5. The highest BCUT2D eigenvalue weighted by molar-refractivity contribution is 6.25. The summed E-state index contributed by atoms with van der Waals surface area (Å²) in [6.07, 6.45) is 4.38. The zero-order valence-corrected chi connectivity index (χ0v) is 8.30. The van der Waals surface area contributed by atoms with Crippen LogP contribution in [0.3, 0.4) is 0 Å². The summed E-state index contributed by atoms with van der Waals surface area (Å²) in [5.74, 6) is -0.471. The van der Waals surface area contributed by atoms with Gasteiger partial charge in [-0.1, -0.05) is 6.42 Å². The molecule has 0 aliphatic carbocycles. The van der Waals surface area contributed by atoms with Crippen LogP contribution in [-0.2, 0) is 9.59 Å². The highest BCUT2D eigenvalue weighted by Gasteiger charge is 2.04. The van der Waals surface area contributed by atoms with Crippen LogP contribution < -0.4 is 0 Å². The van der Waals surface area contributed by atoms with Gasteiger partial charge in [-0.25, -0.2) is 0 Å².